The van der Waals surface area contributed by atoms with Crippen LogP contribution in [0.25, 0.3) is 0 Å². The van der Waals surface area contributed by atoms with Crippen LogP contribution in [0.2, 0.25) is 0 Å². The van der Waals surface area contributed by atoms with Gasteiger partial charge in [0.1, 0.15) is 11.4 Å². The van der Waals surface area contributed by atoms with Gasteiger partial charge in [0.15, 0.2) is 0 Å². The van der Waals surface area contributed by atoms with Crippen molar-refractivity contribution >= 4 is 12.5 Å². The number of carbonyl (C=O) groups is 2. The summed E-state index contributed by atoms with van der Waals surface area (Å²) >= 11 is 0. The molecule has 0 radical (unpaired) electrons. The first-order valence-electron chi connectivity index (χ1n) is 11.7. The van der Waals surface area contributed by atoms with Crippen LogP contribution in [0.4, 0.5) is 18.0 Å². The molecule has 0 N–H and O–H groups in total. The summed E-state index contributed by atoms with van der Waals surface area (Å²) in [5.41, 5.74) is 2.26. The van der Waals surface area contributed by atoms with Crippen LogP contribution in [0.15, 0.2) is 60.7 Å². The van der Waals surface area contributed by atoms with Gasteiger partial charge in [-0.05, 0) is 70.1 Å². The molecular weight excluding hydrogens is 471 g/mol. The van der Waals surface area contributed by atoms with E-state index < -0.39 is 30.2 Å². The number of allylic oxidation sites excluding steroid dienone is 1. The normalized spacial score (nSPS) is 21.6. The number of halogens is 3. The molecule has 1 saturated heterocycles. The number of ether oxygens (including phenoxy) is 1. The van der Waals surface area contributed by atoms with Gasteiger partial charge in [0.2, 0.25) is 6.41 Å². The fourth-order valence-corrected chi connectivity index (χ4v) is 4.24. The topological polar surface area (TPSA) is 53.1 Å². The molecule has 0 aliphatic carbocycles. The van der Waals surface area contributed by atoms with Crippen molar-refractivity contribution < 1.29 is 27.5 Å². The van der Waals surface area contributed by atoms with Gasteiger partial charge in [-0.3, -0.25) is 9.69 Å². The quantitative estimate of drug-likeness (QED) is 0.514. The molecule has 9 heteroatoms. The molecule has 0 saturated carbocycles. The highest BCUT2D eigenvalue weighted by Gasteiger charge is 2.51. The summed E-state index contributed by atoms with van der Waals surface area (Å²) in [4.78, 5) is 27.1. The fraction of sp³-hybridized carbons (Fsp3) is 0.481. The number of alkyl halides is 2. The number of carbonyl (C=O) groups excluding carboxylic acids is 2. The summed E-state index contributed by atoms with van der Waals surface area (Å²) in [7, 11) is 3.16. The average Bonchev–Trinajstić information content (AvgIpc) is 3.13. The highest BCUT2D eigenvalue weighted by Crippen LogP contribution is 2.36. The highest BCUT2D eigenvalue weighted by molar-refractivity contribution is 5.69. The second-order valence-corrected chi connectivity index (χ2v) is 10.0. The number of likely N-dealkylation sites (N-methyl/N-ethyl adjacent to an activating group) is 1. The summed E-state index contributed by atoms with van der Waals surface area (Å²) in [6.45, 7) is 12.8. The van der Waals surface area contributed by atoms with Crippen LogP contribution in [-0.4, -0.2) is 78.5 Å². The molecule has 0 spiro atoms. The third-order valence-corrected chi connectivity index (χ3v) is 5.98. The Kier molecular flexibility index (Phi) is 9.54. The number of likely N-dealkylation sites (tertiary alicyclic amines) is 1. The molecule has 2 heterocycles. The minimum atomic E-state index is -2.89. The van der Waals surface area contributed by atoms with Gasteiger partial charge in [0, 0.05) is 13.1 Å². The number of rotatable bonds is 5. The monoisotopic (exact) mass is 507 g/mol. The maximum absolute atomic E-state index is 13.6. The van der Waals surface area contributed by atoms with Crippen molar-refractivity contribution in [1.82, 2.24) is 14.7 Å². The third kappa shape index (κ3) is 7.22. The molecule has 2 aliphatic rings. The van der Waals surface area contributed by atoms with E-state index in [1.165, 1.54) is 17.0 Å². The molecule has 1 fully saturated rings. The first kappa shape index (κ1) is 29.2. The molecule has 1 aromatic carbocycles. The van der Waals surface area contributed by atoms with Crippen molar-refractivity contribution in [2.45, 2.75) is 50.8 Å². The zero-order valence-electron chi connectivity index (χ0n) is 21.6. The number of amides is 2. The maximum atomic E-state index is 13.6. The Morgan fingerprint density at radius 1 is 1.17 bits per heavy atom. The van der Waals surface area contributed by atoms with Crippen molar-refractivity contribution in [2.24, 2.45) is 0 Å². The van der Waals surface area contributed by atoms with E-state index >= 15 is 0 Å². The molecule has 1 aromatic rings. The first-order chi connectivity index (χ1) is 16.7. The molecule has 1 unspecified atom stereocenters. The number of nitrogens with zero attached hydrogens (tertiary/aromatic N) is 3. The lowest BCUT2D eigenvalue weighted by Gasteiger charge is -2.35. The lowest BCUT2D eigenvalue weighted by atomic mass is 9.88. The van der Waals surface area contributed by atoms with Gasteiger partial charge in [0.25, 0.3) is 5.92 Å². The van der Waals surface area contributed by atoms with E-state index in [-0.39, 0.29) is 18.4 Å². The predicted molar refractivity (Wildman–Crippen MR) is 134 cm³/mol. The van der Waals surface area contributed by atoms with Crippen molar-refractivity contribution in [3.63, 3.8) is 0 Å². The van der Waals surface area contributed by atoms with E-state index in [1.807, 2.05) is 0 Å². The van der Waals surface area contributed by atoms with Gasteiger partial charge in [0.05, 0.1) is 18.6 Å². The van der Waals surface area contributed by atoms with Gasteiger partial charge in [-0.1, -0.05) is 37.4 Å². The van der Waals surface area contributed by atoms with Crippen LogP contribution in [0.3, 0.4) is 0 Å². The molecule has 2 aliphatic heterocycles. The highest BCUT2D eigenvalue weighted by atomic mass is 19.3. The van der Waals surface area contributed by atoms with Gasteiger partial charge in [-0.15, -0.1) is 0 Å². The van der Waals surface area contributed by atoms with Crippen molar-refractivity contribution in [1.29, 1.82) is 0 Å². The minimum Gasteiger partial charge on any atom is -0.444 e. The summed E-state index contributed by atoms with van der Waals surface area (Å²) in [6.07, 6.45) is 4.47. The standard InChI is InChI=1S/C16H16FNO.C11H20F2N2O2/c1-3-12-9-10-18(11-19)16(15(12)4-2)13-5-7-14(17)8-6-13;1-10(2,3)17-9(16)15-6-8(14(4)5)11(12,13)7-15/h3-8,11,16H,1-2,9-10H2;8H,6-7H2,1-5H3/t16-;/m0./s1. The lowest BCUT2D eigenvalue weighted by Crippen LogP contribution is -2.42. The molecular formula is C27H36F3N3O3. The Labute approximate surface area is 211 Å². The number of hydrogen-bond donors (Lipinski definition) is 0. The fourth-order valence-electron chi connectivity index (χ4n) is 4.24. The molecule has 0 bridgehead atoms. The molecule has 2 amide bonds. The van der Waals surface area contributed by atoms with Crippen LogP contribution in [-0.2, 0) is 9.53 Å². The molecule has 2 atom stereocenters. The Balaban J connectivity index is 0.000000255. The Morgan fingerprint density at radius 2 is 1.78 bits per heavy atom. The maximum Gasteiger partial charge on any atom is 0.410 e. The van der Waals surface area contributed by atoms with Crippen LogP contribution >= 0.6 is 0 Å². The summed E-state index contributed by atoms with van der Waals surface area (Å²) < 4.78 is 45.3. The van der Waals surface area contributed by atoms with Gasteiger partial charge >= 0.3 is 6.09 Å². The van der Waals surface area contributed by atoms with Crippen molar-refractivity contribution in [2.75, 3.05) is 33.7 Å². The second-order valence-electron chi connectivity index (χ2n) is 10.0. The van der Waals surface area contributed by atoms with Crippen LogP contribution in [0.5, 0.6) is 0 Å². The van der Waals surface area contributed by atoms with E-state index in [9.17, 15) is 22.8 Å². The molecule has 6 nitrogen and oxygen atoms in total. The lowest BCUT2D eigenvalue weighted by molar-refractivity contribution is -0.119. The van der Waals surface area contributed by atoms with Gasteiger partial charge in [-0.2, -0.15) is 0 Å². The zero-order valence-corrected chi connectivity index (χ0v) is 21.6. The average molecular weight is 508 g/mol. The van der Waals surface area contributed by atoms with Crippen LogP contribution < -0.4 is 0 Å². The van der Waals surface area contributed by atoms with E-state index in [0.29, 0.717) is 6.54 Å². The Bertz CT molecular complexity index is 984. The number of hydrogen-bond acceptors (Lipinski definition) is 4. The third-order valence-electron chi connectivity index (χ3n) is 5.98. The van der Waals surface area contributed by atoms with Gasteiger partial charge in [-0.25, -0.2) is 18.0 Å². The summed E-state index contributed by atoms with van der Waals surface area (Å²) in [6, 6.07) is 5.05. The summed E-state index contributed by atoms with van der Waals surface area (Å²) in [5, 5.41) is 0. The summed E-state index contributed by atoms with van der Waals surface area (Å²) in [5.74, 6) is -3.18. The van der Waals surface area contributed by atoms with E-state index in [1.54, 1.807) is 64.1 Å². The number of benzene rings is 1. The molecule has 198 valence electrons. The molecule has 36 heavy (non-hydrogen) atoms. The Hall–Kier alpha value is -3.07. The van der Waals surface area contributed by atoms with Crippen molar-refractivity contribution in [3.05, 3.63) is 72.1 Å². The predicted octanol–water partition coefficient (Wildman–Crippen LogP) is 5.20. The van der Waals surface area contributed by atoms with E-state index in [2.05, 4.69) is 13.2 Å². The zero-order chi connectivity index (χ0) is 27.3. The van der Waals surface area contributed by atoms with Crippen molar-refractivity contribution in [3.8, 4) is 0 Å². The smallest absolute Gasteiger partial charge is 0.410 e. The van der Waals surface area contributed by atoms with E-state index in [4.69, 9.17) is 4.74 Å². The van der Waals surface area contributed by atoms with Crippen LogP contribution in [0, 0.1) is 5.82 Å². The Morgan fingerprint density at radius 3 is 2.22 bits per heavy atom. The largest absolute Gasteiger partial charge is 0.444 e. The first-order valence-corrected chi connectivity index (χ1v) is 11.7. The molecule has 0 aromatic heterocycles. The van der Waals surface area contributed by atoms with E-state index in [0.717, 1.165) is 34.4 Å². The van der Waals surface area contributed by atoms with Gasteiger partial charge < -0.3 is 14.5 Å². The molecule has 3 rings (SSSR count). The second kappa shape index (κ2) is 11.8. The van der Waals surface area contributed by atoms with Crippen LogP contribution in [0.1, 0.15) is 38.8 Å². The minimum absolute atomic E-state index is 0.00505. The SMILES string of the molecule is C=CC1=C(C=C)[C@H](c2ccc(F)cc2)N(C=O)CC1.CN(C)C1CN(C(=O)OC(C)(C)C)CC1(F)F.